The average Bonchev–Trinajstić information content (AvgIpc) is 3.11. The molecule has 0 spiro atoms. The number of carbonyl (C=O) groups is 1. The Kier molecular flexibility index (Phi) is 5.09. The van der Waals surface area contributed by atoms with E-state index in [1.807, 2.05) is 55.6 Å². The van der Waals surface area contributed by atoms with E-state index >= 15 is 0 Å². The number of nitrogens with one attached hydrogen (secondary N) is 1. The highest BCUT2D eigenvalue weighted by Gasteiger charge is 2.14. The van der Waals surface area contributed by atoms with Gasteiger partial charge in [0.1, 0.15) is 0 Å². The lowest BCUT2D eigenvalue weighted by Crippen LogP contribution is -2.38. The van der Waals surface area contributed by atoms with Crippen LogP contribution in [0.5, 0.6) is 0 Å². The molecule has 1 atom stereocenters. The van der Waals surface area contributed by atoms with Crippen LogP contribution in [0.4, 0.5) is 4.79 Å². The number of nitrogens with zero attached hydrogens (tertiary/aromatic N) is 4. The topological polar surface area (TPSA) is 63.1 Å². The molecule has 0 radical (unpaired) electrons. The zero-order valence-corrected chi connectivity index (χ0v) is 14.3. The van der Waals surface area contributed by atoms with Crippen LogP contribution in [0.15, 0.2) is 67.3 Å². The summed E-state index contributed by atoms with van der Waals surface area (Å²) >= 11 is 0. The molecule has 0 saturated heterocycles. The van der Waals surface area contributed by atoms with Gasteiger partial charge in [-0.2, -0.15) is 5.10 Å². The van der Waals surface area contributed by atoms with Crippen LogP contribution in [0, 0.1) is 0 Å². The van der Waals surface area contributed by atoms with Crippen molar-refractivity contribution in [2.75, 3.05) is 7.05 Å². The van der Waals surface area contributed by atoms with Crippen LogP contribution in [-0.4, -0.2) is 32.7 Å². The van der Waals surface area contributed by atoms with E-state index in [2.05, 4.69) is 15.4 Å². The number of urea groups is 1. The molecule has 0 fully saturated rings. The van der Waals surface area contributed by atoms with Crippen molar-refractivity contribution in [3.63, 3.8) is 0 Å². The highest BCUT2D eigenvalue weighted by atomic mass is 16.2. The van der Waals surface area contributed by atoms with E-state index in [0.29, 0.717) is 6.54 Å². The SMILES string of the molecule is CC(NC(=O)N(C)Cc1cnn(-c2ccccc2)c1)c1ccncc1. The van der Waals surface area contributed by atoms with E-state index < -0.39 is 0 Å². The maximum Gasteiger partial charge on any atom is 0.317 e. The van der Waals surface area contributed by atoms with Crippen molar-refractivity contribution in [1.82, 2.24) is 25.0 Å². The molecule has 0 bridgehead atoms. The first-order valence-electron chi connectivity index (χ1n) is 8.14. The predicted octanol–water partition coefficient (Wildman–Crippen LogP) is 3.17. The second kappa shape index (κ2) is 7.61. The van der Waals surface area contributed by atoms with Crippen LogP contribution in [-0.2, 0) is 6.54 Å². The molecule has 3 aromatic rings. The molecule has 1 aromatic carbocycles. The number of rotatable bonds is 5. The smallest absolute Gasteiger partial charge is 0.317 e. The molecular formula is C19H21N5O. The molecule has 0 aliphatic heterocycles. The minimum absolute atomic E-state index is 0.0787. The molecule has 0 aliphatic rings. The number of hydrogen-bond acceptors (Lipinski definition) is 3. The molecule has 128 valence electrons. The monoisotopic (exact) mass is 335 g/mol. The van der Waals surface area contributed by atoms with E-state index in [1.54, 1.807) is 35.2 Å². The first-order valence-corrected chi connectivity index (χ1v) is 8.14. The Morgan fingerprint density at radius 3 is 2.64 bits per heavy atom. The van der Waals surface area contributed by atoms with Gasteiger partial charge in [0.15, 0.2) is 0 Å². The third-order valence-electron chi connectivity index (χ3n) is 3.97. The Morgan fingerprint density at radius 2 is 1.92 bits per heavy atom. The van der Waals surface area contributed by atoms with Gasteiger partial charge in [-0.1, -0.05) is 18.2 Å². The molecule has 2 amide bonds. The van der Waals surface area contributed by atoms with Gasteiger partial charge < -0.3 is 10.2 Å². The van der Waals surface area contributed by atoms with Crippen LogP contribution in [0.1, 0.15) is 24.1 Å². The predicted molar refractivity (Wildman–Crippen MR) is 96.2 cm³/mol. The molecule has 2 aromatic heterocycles. The molecule has 0 aliphatic carbocycles. The number of amides is 2. The van der Waals surface area contributed by atoms with Crippen LogP contribution in [0.3, 0.4) is 0 Å². The molecule has 2 heterocycles. The molecule has 1 N–H and O–H groups in total. The van der Waals surface area contributed by atoms with Gasteiger partial charge in [0, 0.05) is 31.2 Å². The van der Waals surface area contributed by atoms with E-state index in [9.17, 15) is 4.79 Å². The second-order valence-electron chi connectivity index (χ2n) is 5.94. The Labute approximate surface area is 147 Å². The average molecular weight is 335 g/mol. The van der Waals surface area contributed by atoms with Crippen molar-refractivity contribution in [2.24, 2.45) is 0 Å². The second-order valence-corrected chi connectivity index (χ2v) is 5.94. The maximum atomic E-state index is 12.4. The van der Waals surface area contributed by atoms with Crippen LogP contribution < -0.4 is 5.32 Å². The lowest BCUT2D eigenvalue weighted by Gasteiger charge is -2.21. The van der Waals surface area contributed by atoms with Gasteiger partial charge in [0.05, 0.1) is 24.5 Å². The van der Waals surface area contributed by atoms with Crippen LogP contribution >= 0.6 is 0 Å². The van der Waals surface area contributed by atoms with Crippen molar-refractivity contribution in [3.05, 3.63) is 78.4 Å². The zero-order chi connectivity index (χ0) is 17.6. The van der Waals surface area contributed by atoms with E-state index in [4.69, 9.17) is 0 Å². The standard InChI is InChI=1S/C19H21N5O/c1-15(17-8-10-20-11-9-17)22-19(25)23(2)13-16-12-21-24(14-16)18-6-4-3-5-7-18/h3-12,14-15H,13H2,1-2H3,(H,22,25). The van der Waals surface area contributed by atoms with Crippen LogP contribution in [0.25, 0.3) is 5.69 Å². The minimum atomic E-state index is -0.128. The number of hydrogen-bond donors (Lipinski definition) is 1. The Morgan fingerprint density at radius 1 is 1.20 bits per heavy atom. The van der Waals surface area contributed by atoms with Gasteiger partial charge in [0.2, 0.25) is 0 Å². The molecule has 25 heavy (non-hydrogen) atoms. The first-order chi connectivity index (χ1) is 12.1. The summed E-state index contributed by atoms with van der Waals surface area (Å²) in [5.41, 5.74) is 2.99. The van der Waals surface area contributed by atoms with Gasteiger partial charge in [-0.05, 0) is 36.8 Å². The summed E-state index contributed by atoms with van der Waals surface area (Å²) in [5, 5.41) is 7.35. The molecule has 6 heteroatoms. The van der Waals surface area contributed by atoms with E-state index in [0.717, 1.165) is 16.8 Å². The lowest BCUT2D eigenvalue weighted by molar-refractivity contribution is 0.203. The first kappa shape index (κ1) is 16.7. The summed E-state index contributed by atoms with van der Waals surface area (Å²) in [6.07, 6.45) is 7.16. The van der Waals surface area contributed by atoms with Crippen molar-refractivity contribution in [2.45, 2.75) is 19.5 Å². The zero-order valence-electron chi connectivity index (χ0n) is 14.3. The highest BCUT2D eigenvalue weighted by molar-refractivity contribution is 5.74. The number of pyridine rings is 1. The van der Waals surface area contributed by atoms with Gasteiger partial charge >= 0.3 is 6.03 Å². The fourth-order valence-electron chi connectivity index (χ4n) is 2.54. The third kappa shape index (κ3) is 4.23. The van der Waals surface area contributed by atoms with Crippen molar-refractivity contribution >= 4 is 6.03 Å². The summed E-state index contributed by atoms with van der Waals surface area (Å²) < 4.78 is 1.81. The number of carbonyl (C=O) groups excluding carboxylic acids is 1. The summed E-state index contributed by atoms with van der Waals surface area (Å²) in [4.78, 5) is 18.0. The summed E-state index contributed by atoms with van der Waals surface area (Å²) in [7, 11) is 1.77. The largest absolute Gasteiger partial charge is 0.331 e. The Hall–Kier alpha value is -3.15. The molecule has 1 unspecified atom stereocenters. The fourth-order valence-corrected chi connectivity index (χ4v) is 2.54. The number of para-hydroxylation sites is 1. The minimum Gasteiger partial charge on any atom is -0.331 e. The molecular weight excluding hydrogens is 314 g/mol. The third-order valence-corrected chi connectivity index (χ3v) is 3.97. The van der Waals surface area contributed by atoms with Crippen molar-refractivity contribution in [1.29, 1.82) is 0 Å². The Balaban J connectivity index is 1.59. The van der Waals surface area contributed by atoms with Gasteiger partial charge in [-0.15, -0.1) is 0 Å². The van der Waals surface area contributed by atoms with E-state index in [-0.39, 0.29) is 12.1 Å². The normalized spacial score (nSPS) is 11.8. The van der Waals surface area contributed by atoms with Crippen molar-refractivity contribution < 1.29 is 4.79 Å². The maximum absolute atomic E-state index is 12.4. The molecule has 6 nitrogen and oxygen atoms in total. The Bertz CT molecular complexity index is 816. The summed E-state index contributed by atoms with van der Waals surface area (Å²) in [5.74, 6) is 0. The number of aromatic nitrogens is 3. The van der Waals surface area contributed by atoms with Gasteiger partial charge in [0.25, 0.3) is 0 Å². The summed E-state index contributed by atoms with van der Waals surface area (Å²) in [6.45, 7) is 2.44. The van der Waals surface area contributed by atoms with Gasteiger partial charge in [-0.25, -0.2) is 9.48 Å². The van der Waals surface area contributed by atoms with Gasteiger partial charge in [-0.3, -0.25) is 4.98 Å². The fraction of sp³-hybridized carbons (Fsp3) is 0.211. The van der Waals surface area contributed by atoms with Crippen molar-refractivity contribution in [3.8, 4) is 5.69 Å². The quantitative estimate of drug-likeness (QED) is 0.779. The van der Waals surface area contributed by atoms with Crippen LogP contribution in [0.2, 0.25) is 0 Å². The molecule has 3 rings (SSSR count). The lowest BCUT2D eigenvalue weighted by atomic mass is 10.1. The number of benzene rings is 1. The summed E-state index contributed by atoms with van der Waals surface area (Å²) in [6, 6.07) is 13.5. The highest BCUT2D eigenvalue weighted by Crippen LogP contribution is 2.12. The van der Waals surface area contributed by atoms with E-state index in [1.165, 1.54) is 0 Å². The molecule has 0 saturated carbocycles.